The van der Waals surface area contributed by atoms with Crippen molar-refractivity contribution < 1.29 is 9.53 Å². The van der Waals surface area contributed by atoms with Crippen LogP contribution in [0.25, 0.3) is 0 Å². The fourth-order valence-electron chi connectivity index (χ4n) is 2.75. The third-order valence-electron chi connectivity index (χ3n) is 4.13. The third kappa shape index (κ3) is 4.50. The van der Waals surface area contributed by atoms with E-state index < -0.39 is 0 Å². The zero-order valence-corrected chi connectivity index (χ0v) is 16.2. The summed E-state index contributed by atoms with van der Waals surface area (Å²) in [5.41, 5.74) is 1.18. The Hall–Kier alpha value is -2.19. The van der Waals surface area contributed by atoms with Gasteiger partial charge in [0.15, 0.2) is 0 Å². The van der Waals surface area contributed by atoms with Crippen molar-refractivity contribution in [2.75, 3.05) is 36.5 Å². The van der Waals surface area contributed by atoms with Crippen molar-refractivity contribution >= 4 is 33.5 Å². The molecule has 138 valence electrons. The molecule has 0 bridgehead atoms. The minimum absolute atomic E-state index is 0.0847. The maximum atomic E-state index is 12.6. The van der Waals surface area contributed by atoms with Crippen LogP contribution in [0.2, 0.25) is 0 Å². The zero-order chi connectivity index (χ0) is 18.5. The number of ether oxygens (including phenoxy) is 1. The first-order valence-corrected chi connectivity index (χ1v) is 9.35. The molecule has 1 aliphatic rings. The van der Waals surface area contributed by atoms with E-state index >= 15 is 0 Å². The van der Waals surface area contributed by atoms with E-state index in [1.807, 2.05) is 24.0 Å². The molecule has 0 radical (unpaired) electrons. The average molecular weight is 421 g/mol. The largest absolute Gasteiger partial charge is 0.378 e. The van der Waals surface area contributed by atoms with Crippen molar-refractivity contribution in [3.05, 3.63) is 50.9 Å². The Bertz CT molecular complexity index is 829. The predicted octanol–water partition coefficient (Wildman–Crippen LogP) is 2.04. The summed E-state index contributed by atoms with van der Waals surface area (Å²) in [6, 6.07) is 8.78. The average Bonchev–Trinajstić information content (AvgIpc) is 2.65. The minimum Gasteiger partial charge on any atom is -0.378 e. The van der Waals surface area contributed by atoms with Crippen molar-refractivity contribution in [1.29, 1.82) is 0 Å². The lowest BCUT2D eigenvalue weighted by Crippen LogP contribution is -2.42. The van der Waals surface area contributed by atoms with E-state index in [2.05, 4.69) is 26.2 Å². The van der Waals surface area contributed by atoms with Gasteiger partial charge in [-0.1, -0.05) is 22.9 Å². The first-order chi connectivity index (χ1) is 12.6. The number of aryl methyl sites for hydroxylation is 1. The van der Waals surface area contributed by atoms with Gasteiger partial charge in [0.1, 0.15) is 6.54 Å². The molecule has 7 nitrogen and oxygen atoms in total. The molecule has 1 aromatic heterocycles. The number of carbonyl (C=O) groups is 1. The summed E-state index contributed by atoms with van der Waals surface area (Å²) in [5, 5.41) is 2.81. The molecule has 3 rings (SSSR count). The maximum Gasteiger partial charge on any atom is 0.255 e. The van der Waals surface area contributed by atoms with Gasteiger partial charge >= 0.3 is 0 Å². The molecule has 1 fully saturated rings. The second kappa shape index (κ2) is 8.46. The molecule has 1 aliphatic heterocycles. The van der Waals surface area contributed by atoms with Gasteiger partial charge in [-0.25, -0.2) is 4.98 Å². The number of amides is 1. The van der Waals surface area contributed by atoms with Gasteiger partial charge in [-0.2, -0.15) is 0 Å². The quantitative estimate of drug-likeness (QED) is 0.800. The van der Waals surface area contributed by atoms with Gasteiger partial charge < -0.3 is 15.0 Å². The molecular formula is C18H21BrN4O3. The number of hydrogen-bond donors (Lipinski definition) is 1. The Morgan fingerprint density at radius 2 is 1.96 bits per heavy atom. The van der Waals surface area contributed by atoms with Crippen LogP contribution in [0.15, 0.2) is 39.6 Å². The molecule has 2 aromatic rings. The van der Waals surface area contributed by atoms with Crippen LogP contribution in [0.5, 0.6) is 0 Å². The zero-order valence-electron chi connectivity index (χ0n) is 14.6. The minimum atomic E-state index is -0.269. The van der Waals surface area contributed by atoms with Crippen molar-refractivity contribution in [1.82, 2.24) is 9.55 Å². The van der Waals surface area contributed by atoms with E-state index in [-0.39, 0.29) is 18.0 Å². The highest BCUT2D eigenvalue weighted by atomic mass is 79.9. The number of aromatic nitrogens is 2. The number of anilines is 2. The van der Waals surface area contributed by atoms with Gasteiger partial charge in [-0.15, -0.1) is 0 Å². The molecule has 0 spiro atoms. The second-order valence-electron chi connectivity index (χ2n) is 5.98. The Balaban J connectivity index is 1.84. The second-order valence-corrected chi connectivity index (χ2v) is 6.90. The highest BCUT2D eigenvalue weighted by molar-refractivity contribution is 9.10. The van der Waals surface area contributed by atoms with Gasteiger partial charge in [0.2, 0.25) is 11.9 Å². The molecule has 8 heteroatoms. The standard InChI is InChI=1S/C18H21BrN4O3/c1-2-14-11-17(25)23(18(21-14)22-7-9-26-10-8-22)12-16(24)20-15-5-3-13(19)4-6-15/h3-6,11H,2,7-10,12H2,1H3,(H,20,24). The molecule has 0 atom stereocenters. The van der Waals surface area contributed by atoms with Crippen LogP contribution in [-0.2, 0) is 22.5 Å². The Kier molecular flexibility index (Phi) is 6.05. The molecule has 26 heavy (non-hydrogen) atoms. The van der Waals surface area contributed by atoms with Gasteiger partial charge in [0, 0.05) is 35.0 Å². The van der Waals surface area contributed by atoms with Crippen molar-refractivity contribution in [3.63, 3.8) is 0 Å². The number of nitrogens with one attached hydrogen (secondary N) is 1. The SMILES string of the molecule is CCc1cc(=O)n(CC(=O)Nc2ccc(Br)cc2)c(N2CCOCC2)n1. The normalized spacial score (nSPS) is 14.3. The van der Waals surface area contributed by atoms with Gasteiger partial charge in [0.05, 0.1) is 13.2 Å². The van der Waals surface area contributed by atoms with Crippen LogP contribution in [0.4, 0.5) is 11.6 Å². The number of benzene rings is 1. The number of rotatable bonds is 5. The Morgan fingerprint density at radius 1 is 1.27 bits per heavy atom. The fraction of sp³-hybridized carbons (Fsp3) is 0.389. The van der Waals surface area contributed by atoms with Crippen LogP contribution < -0.4 is 15.8 Å². The fourth-order valence-corrected chi connectivity index (χ4v) is 3.02. The molecule has 1 aromatic carbocycles. The summed E-state index contributed by atoms with van der Waals surface area (Å²) in [6.45, 7) is 4.32. The van der Waals surface area contributed by atoms with E-state index in [0.717, 1.165) is 10.2 Å². The number of carbonyl (C=O) groups excluding carboxylic acids is 1. The van der Waals surface area contributed by atoms with Crippen LogP contribution in [0.1, 0.15) is 12.6 Å². The maximum absolute atomic E-state index is 12.6. The van der Waals surface area contributed by atoms with E-state index in [1.54, 1.807) is 12.1 Å². The van der Waals surface area contributed by atoms with E-state index in [4.69, 9.17) is 4.74 Å². The molecule has 0 saturated carbocycles. The van der Waals surface area contributed by atoms with Gasteiger partial charge in [-0.05, 0) is 30.7 Å². The first-order valence-electron chi connectivity index (χ1n) is 8.55. The van der Waals surface area contributed by atoms with Crippen LogP contribution in [-0.4, -0.2) is 41.8 Å². The Labute approximate surface area is 160 Å². The van der Waals surface area contributed by atoms with Crippen LogP contribution in [0, 0.1) is 0 Å². The summed E-state index contributed by atoms with van der Waals surface area (Å²) in [7, 11) is 0. The van der Waals surface area contributed by atoms with Gasteiger partial charge in [-0.3, -0.25) is 14.2 Å². The lowest BCUT2D eigenvalue weighted by Gasteiger charge is -2.29. The highest BCUT2D eigenvalue weighted by Gasteiger charge is 2.19. The summed E-state index contributed by atoms with van der Waals surface area (Å²) < 4.78 is 7.74. The molecule has 2 heterocycles. The lowest BCUT2D eigenvalue weighted by molar-refractivity contribution is -0.116. The number of halogens is 1. The monoisotopic (exact) mass is 420 g/mol. The number of nitrogens with zero attached hydrogens (tertiary/aromatic N) is 3. The molecule has 1 amide bonds. The highest BCUT2D eigenvalue weighted by Crippen LogP contribution is 2.15. The topological polar surface area (TPSA) is 76.5 Å². The van der Waals surface area contributed by atoms with Crippen molar-refractivity contribution in [2.24, 2.45) is 0 Å². The Morgan fingerprint density at radius 3 is 2.62 bits per heavy atom. The summed E-state index contributed by atoms with van der Waals surface area (Å²) in [6.07, 6.45) is 0.665. The summed E-state index contributed by atoms with van der Waals surface area (Å²) >= 11 is 3.36. The molecule has 1 saturated heterocycles. The third-order valence-corrected chi connectivity index (χ3v) is 4.66. The summed E-state index contributed by atoms with van der Waals surface area (Å²) in [5.74, 6) is 0.263. The van der Waals surface area contributed by atoms with Gasteiger partial charge in [0.25, 0.3) is 5.56 Å². The number of morpholine rings is 1. The molecule has 0 aliphatic carbocycles. The van der Waals surface area contributed by atoms with Crippen LogP contribution in [0.3, 0.4) is 0 Å². The number of hydrogen-bond acceptors (Lipinski definition) is 5. The smallest absolute Gasteiger partial charge is 0.255 e. The lowest BCUT2D eigenvalue weighted by atomic mass is 10.3. The molecular weight excluding hydrogens is 400 g/mol. The summed E-state index contributed by atoms with van der Waals surface area (Å²) in [4.78, 5) is 31.6. The van der Waals surface area contributed by atoms with Crippen molar-refractivity contribution in [3.8, 4) is 0 Å². The van der Waals surface area contributed by atoms with Crippen LogP contribution >= 0.6 is 15.9 Å². The predicted molar refractivity (Wildman–Crippen MR) is 104 cm³/mol. The van der Waals surface area contributed by atoms with E-state index in [0.29, 0.717) is 44.4 Å². The van der Waals surface area contributed by atoms with Crippen molar-refractivity contribution in [2.45, 2.75) is 19.9 Å². The first kappa shape index (κ1) is 18.6. The van der Waals surface area contributed by atoms with E-state index in [9.17, 15) is 9.59 Å². The molecule has 0 unspecified atom stereocenters. The molecule has 1 N–H and O–H groups in total. The van der Waals surface area contributed by atoms with E-state index in [1.165, 1.54) is 10.6 Å².